The third-order valence-corrected chi connectivity index (χ3v) is 6.53. The summed E-state index contributed by atoms with van der Waals surface area (Å²) < 4.78 is 6.11. The van der Waals surface area contributed by atoms with Crippen molar-refractivity contribution in [2.24, 2.45) is 0 Å². The highest BCUT2D eigenvalue weighted by Gasteiger charge is 2.40. The van der Waals surface area contributed by atoms with Crippen LogP contribution in [0.4, 0.5) is 0 Å². The number of thioether (sulfide) groups is 1. The SMILES string of the molecule is CCCCCCCCOc1ccc(/C=C2/SC(=S)N(C(CCCC)C(=O)O)C2=O)cc1. The van der Waals surface area contributed by atoms with E-state index < -0.39 is 12.0 Å². The monoisotopic (exact) mass is 463 g/mol. The molecule has 0 radical (unpaired) electrons. The van der Waals surface area contributed by atoms with Crippen molar-refractivity contribution in [2.45, 2.75) is 77.7 Å². The Labute approximate surface area is 195 Å². The van der Waals surface area contributed by atoms with Crippen molar-refractivity contribution in [3.63, 3.8) is 0 Å². The van der Waals surface area contributed by atoms with E-state index in [2.05, 4.69) is 6.92 Å². The molecule has 1 unspecified atom stereocenters. The molecule has 31 heavy (non-hydrogen) atoms. The number of carboxylic acids is 1. The molecule has 1 aromatic carbocycles. The average molecular weight is 464 g/mol. The number of carbonyl (C=O) groups is 2. The lowest BCUT2D eigenvalue weighted by Crippen LogP contribution is -2.43. The van der Waals surface area contributed by atoms with E-state index in [0.29, 0.717) is 22.3 Å². The van der Waals surface area contributed by atoms with E-state index in [1.54, 1.807) is 6.08 Å². The van der Waals surface area contributed by atoms with Crippen LogP contribution in [-0.4, -0.2) is 38.9 Å². The highest BCUT2D eigenvalue weighted by molar-refractivity contribution is 8.26. The summed E-state index contributed by atoms with van der Waals surface area (Å²) in [7, 11) is 0. The predicted molar refractivity (Wildman–Crippen MR) is 131 cm³/mol. The van der Waals surface area contributed by atoms with Crippen LogP contribution in [0.25, 0.3) is 6.08 Å². The molecule has 1 N–H and O–H groups in total. The Hall–Kier alpha value is -1.86. The maximum Gasteiger partial charge on any atom is 0.326 e. The Bertz CT molecular complexity index is 776. The van der Waals surface area contributed by atoms with Crippen LogP contribution < -0.4 is 4.74 Å². The van der Waals surface area contributed by atoms with Crippen LogP contribution in [0.15, 0.2) is 29.2 Å². The molecular formula is C24H33NO4S2. The molecule has 0 aromatic heterocycles. The summed E-state index contributed by atoms with van der Waals surface area (Å²) in [6.07, 6.45) is 11.1. The second-order valence-corrected chi connectivity index (χ2v) is 9.41. The van der Waals surface area contributed by atoms with Crippen molar-refractivity contribution in [3.8, 4) is 5.75 Å². The summed E-state index contributed by atoms with van der Waals surface area (Å²) in [6.45, 7) is 4.91. The molecule has 1 heterocycles. The first-order chi connectivity index (χ1) is 15.0. The van der Waals surface area contributed by atoms with Crippen LogP contribution in [0.1, 0.15) is 77.2 Å². The van der Waals surface area contributed by atoms with Crippen molar-refractivity contribution in [3.05, 3.63) is 34.7 Å². The zero-order chi connectivity index (χ0) is 22.6. The number of rotatable bonds is 14. The normalized spacial score (nSPS) is 16.2. The van der Waals surface area contributed by atoms with Crippen molar-refractivity contribution < 1.29 is 19.4 Å². The lowest BCUT2D eigenvalue weighted by atomic mass is 10.1. The summed E-state index contributed by atoms with van der Waals surface area (Å²) in [5, 5.41) is 9.55. The van der Waals surface area contributed by atoms with Gasteiger partial charge >= 0.3 is 5.97 Å². The summed E-state index contributed by atoms with van der Waals surface area (Å²) >= 11 is 6.47. The van der Waals surface area contributed by atoms with Gasteiger partial charge in [-0.05, 0) is 36.6 Å². The summed E-state index contributed by atoms with van der Waals surface area (Å²) in [4.78, 5) is 26.2. The molecule has 1 saturated heterocycles. The van der Waals surface area contributed by atoms with Crippen LogP contribution in [0, 0.1) is 0 Å². The lowest BCUT2D eigenvalue weighted by Gasteiger charge is -2.22. The second-order valence-electron chi connectivity index (χ2n) is 7.73. The lowest BCUT2D eigenvalue weighted by molar-refractivity contribution is -0.145. The highest BCUT2D eigenvalue weighted by atomic mass is 32.2. The van der Waals surface area contributed by atoms with Gasteiger partial charge in [0.05, 0.1) is 11.5 Å². The van der Waals surface area contributed by atoms with Gasteiger partial charge < -0.3 is 9.84 Å². The smallest absolute Gasteiger partial charge is 0.326 e. The second kappa shape index (κ2) is 13.5. The van der Waals surface area contributed by atoms with E-state index in [1.807, 2.05) is 31.2 Å². The van der Waals surface area contributed by atoms with Gasteiger partial charge in [0.15, 0.2) is 0 Å². The van der Waals surface area contributed by atoms with Crippen molar-refractivity contribution in [1.29, 1.82) is 0 Å². The number of thiocarbonyl (C=S) groups is 1. The number of benzene rings is 1. The van der Waals surface area contributed by atoms with Gasteiger partial charge in [0.1, 0.15) is 16.1 Å². The number of amides is 1. The van der Waals surface area contributed by atoms with Gasteiger partial charge in [0, 0.05) is 0 Å². The van der Waals surface area contributed by atoms with Crippen molar-refractivity contribution in [1.82, 2.24) is 4.90 Å². The maximum atomic E-state index is 12.8. The van der Waals surface area contributed by atoms with Gasteiger partial charge in [-0.25, -0.2) is 4.79 Å². The molecule has 1 aliphatic heterocycles. The molecule has 0 saturated carbocycles. The first-order valence-electron chi connectivity index (χ1n) is 11.2. The number of unbranched alkanes of at least 4 members (excludes halogenated alkanes) is 6. The first-order valence-corrected chi connectivity index (χ1v) is 12.4. The molecule has 0 spiro atoms. The number of ether oxygens (including phenoxy) is 1. The maximum absolute atomic E-state index is 12.8. The molecule has 1 atom stereocenters. The van der Waals surface area contributed by atoms with Gasteiger partial charge in [-0.3, -0.25) is 9.69 Å². The molecule has 0 aliphatic carbocycles. The average Bonchev–Trinajstić information content (AvgIpc) is 3.02. The summed E-state index contributed by atoms with van der Waals surface area (Å²) in [5.74, 6) is -0.538. The quantitative estimate of drug-likeness (QED) is 0.199. The topological polar surface area (TPSA) is 66.8 Å². The van der Waals surface area contributed by atoms with E-state index in [1.165, 1.54) is 37.0 Å². The Morgan fingerprint density at radius 2 is 1.74 bits per heavy atom. The van der Waals surface area contributed by atoms with Gasteiger partial charge in [-0.15, -0.1) is 0 Å². The number of nitrogens with zero attached hydrogens (tertiary/aromatic N) is 1. The minimum absolute atomic E-state index is 0.304. The molecule has 0 bridgehead atoms. The molecule has 2 rings (SSSR count). The van der Waals surface area contributed by atoms with E-state index in [9.17, 15) is 14.7 Å². The minimum atomic E-state index is -1.02. The molecule has 1 fully saturated rings. The van der Waals surface area contributed by atoms with Gasteiger partial charge in [0.25, 0.3) is 5.91 Å². The Morgan fingerprint density at radius 1 is 1.10 bits per heavy atom. The fourth-order valence-corrected chi connectivity index (χ4v) is 4.75. The van der Waals surface area contributed by atoms with E-state index >= 15 is 0 Å². The zero-order valence-electron chi connectivity index (χ0n) is 18.5. The fraction of sp³-hybridized carbons (Fsp3) is 0.542. The standard InChI is InChI=1S/C24H33NO4S2/c1-3-5-7-8-9-10-16-29-19-14-12-18(13-15-19)17-21-22(26)25(24(30)31-21)20(23(27)28)11-6-4-2/h12-15,17,20H,3-11,16H2,1-2H3,(H,27,28)/b21-17+. The number of carbonyl (C=O) groups excluding carboxylic acids is 1. The summed E-state index contributed by atoms with van der Waals surface area (Å²) in [5.41, 5.74) is 0.854. The highest BCUT2D eigenvalue weighted by Crippen LogP contribution is 2.35. The third-order valence-electron chi connectivity index (χ3n) is 5.20. The van der Waals surface area contributed by atoms with Crippen LogP contribution in [0.2, 0.25) is 0 Å². The Morgan fingerprint density at radius 3 is 2.39 bits per heavy atom. The molecule has 5 nitrogen and oxygen atoms in total. The van der Waals surface area contributed by atoms with Crippen LogP contribution in [0.5, 0.6) is 5.75 Å². The zero-order valence-corrected chi connectivity index (χ0v) is 20.1. The van der Waals surface area contributed by atoms with Crippen LogP contribution in [-0.2, 0) is 9.59 Å². The fourth-order valence-electron chi connectivity index (χ4n) is 3.39. The van der Waals surface area contributed by atoms with Gasteiger partial charge in [-0.1, -0.05) is 94.9 Å². The van der Waals surface area contributed by atoms with E-state index in [0.717, 1.165) is 42.3 Å². The first kappa shape index (κ1) is 25.4. The third kappa shape index (κ3) is 7.96. The molecule has 1 aliphatic rings. The molecule has 170 valence electrons. The molecule has 7 heteroatoms. The van der Waals surface area contributed by atoms with Crippen molar-refractivity contribution >= 4 is 46.3 Å². The van der Waals surface area contributed by atoms with Crippen LogP contribution in [0.3, 0.4) is 0 Å². The number of carboxylic acid groups (broad SMARTS) is 1. The Balaban J connectivity index is 1.92. The number of hydrogen-bond acceptors (Lipinski definition) is 5. The van der Waals surface area contributed by atoms with E-state index in [4.69, 9.17) is 17.0 Å². The molecule has 1 aromatic rings. The number of hydrogen-bond donors (Lipinski definition) is 1. The van der Waals surface area contributed by atoms with E-state index in [-0.39, 0.29) is 5.91 Å². The Kier molecular flexibility index (Phi) is 11.1. The predicted octanol–water partition coefficient (Wildman–Crippen LogP) is 6.27. The molecular weight excluding hydrogens is 430 g/mol. The number of aliphatic carboxylic acids is 1. The van der Waals surface area contributed by atoms with Gasteiger partial charge in [0.2, 0.25) is 0 Å². The molecule has 1 amide bonds. The largest absolute Gasteiger partial charge is 0.494 e. The summed E-state index contributed by atoms with van der Waals surface area (Å²) in [6, 6.07) is 6.68. The minimum Gasteiger partial charge on any atom is -0.494 e. The van der Waals surface area contributed by atoms with Crippen LogP contribution >= 0.6 is 24.0 Å². The van der Waals surface area contributed by atoms with Crippen molar-refractivity contribution in [2.75, 3.05) is 6.61 Å². The van der Waals surface area contributed by atoms with Gasteiger partial charge in [-0.2, -0.15) is 0 Å².